The number of hydrogen-bond donors (Lipinski definition) is 4. The lowest BCUT2D eigenvalue weighted by atomic mass is 10.0. The average Bonchev–Trinajstić information content (AvgIpc) is 3.43. The summed E-state index contributed by atoms with van der Waals surface area (Å²) in [5.41, 5.74) is 3.49. The second-order valence-corrected chi connectivity index (χ2v) is 19.7. The highest BCUT2D eigenvalue weighted by atomic mass is 32.2. The molecule has 0 aliphatic heterocycles. The molecule has 0 aliphatic carbocycles. The molecule has 20 heteroatoms. The Bertz CT molecular complexity index is 3490. The first kappa shape index (κ1) is 49.9. The van der Waals surface area contributed by atoms with E-state index in [1.165, 1.54) is 47.0 Å². The molecule has 0 bridgehead atoms. The first-order valence-corrected chi connectivity index (χ1v) is 26.1. The van der Waals surface area contributed by atoms with E-state index in [9.17, 15) is 40.2 Å². The number of aromatic amines is 4. The van der Waals surface area contributed by atoms with Crippen LogP contribution in [0.1, 0.15) is 44.5 Å². The molecule has 4 heterocycles. The number of rotatable bonds is 16. The van der Waals surface area contributed by atoms with Gasteiger partial charge in [-0.3, -0.25) is 19.2 Å². The highest BCUT2D eigenvalue weighted by Crippen LogP contribution is 2.35. The monoisotopic (exact) mass is 1040 g/mol. The third kappa shape index (κ3) is 11.2. The SMILES string of the molecule is N#Cc1c(-c2ccccc2)nc(SCc2cc(CSc3nc(-c4ccccc4)c(C#N)c(=O)[nH]3)c(CSc3nc(-c4ccccc4)c(C#N)c(=O)[nH]3)cc2CSc2nc(-c3ccccc3)c(C#N)c(=O)[nH]2)[nH]c1=O. The molecule has 0 saturated heterocycles. The van der Waals surface area contributed by atoms with Crippen molar-refractivity contribution < 1.29 is 0 Å². The van der Waals surface area contributed by atoms with Crippen molar-refractivity contribution in [3.63, 3.8) is 0 Å². The average molecular weight is 1040 g/mol. The van der Waals surface area contributed by atoms with Crippen molar-refractivity contribution in [2.75, 3.05) is 0 Å². The number of hydrogen-bond acceptors (Lipinski definition) is 16. The Morgan fingerprint density at radius 1 is 0.338 bits per heavy atom. The molecule has 0 radical (unpaired) electrons. The van der Waals surface area contributed by atoms with Gasteiger partial charge in [-0.1, -0.05) is 181 Å². The second-order valence-electron chi connectivity index (χ2n) is 15.8. The molecule has 4 N–H and O–H groups in total. The van der Waals surface area contributed by atoms with Crippen molar-refractivity contribution in [1.29, 1.82) is 21.0 Å². The summed E-state index contributed by atoms with van der Waals surface area (Å²) < 4.78 is 0. The molecule has 0 aliphatic rings. The van der Waals surface area contributed by atoms with Crippen LogP contribution in [0.3, 0.4) is 0 Å². The van der Waals surface area contributed by atoms with Crippen LogP contribution in [-0.2, 0) is 23.0 Å². The van der Waals surface area contributed by atoms with Crippen LogP contribution in [0.2, 0.25) is 0 Å². The molecule has 4 aromatic heterocycles. The lowest BCUT2D eigenvalue weighted by Crippen LogP contribution is -2.15. The molecule has 74 heavy (non-hydrogen) atoms. The number of aromatic nitrogens is 8. The number of thioether (sulfide) groups is 4. The Kier molecular flexibility index (Phi) is 15.5. The molecule has 16 nitrogen and oxygen atoms in total. The number of H-pyrrole nitrogens is 4. The molecule has 0 spiro atoms. The number of nitriles is 4. The molecule has 0 fully saturated rings. The van der Waals surface area contributed by atoms with Crippen molar-refractivity contribution in [2.45, 2.75) is 43.6 Å². The standard InChI is InChI=1S/C54H34N12O4S4/c55-23-39-43(31-13-5-1-6-14-31)59-51(63-47(39)67)71-27-35-21-37(29-73-53-61-45(33-17-9-3-10-18-33)41(25-57)49(69)65-53)38(30-74-54-62-46(34-19-11-4-12-20-34)42(26-58)50(70)66-54)22-36(35)28-72-52-60-44(32-15-7-2-8-16-32)40(24-56)48(68)64-52/h1-22H,27-30H2,(H,59,63,67)(H,60,64,68)(H,61,65,69)(H,62,66,70). The van der Waals surface area contributed by atoms with E-state index < -0.39 is 22.2 Å². The van der Waals surface area contributed by atoms with E-state index in [4.69, 9.17) is 19.9 Å². The Labute approximate surface area is 437 Å². The fourth-order valence-corrected chi connectivity index (χ4v) is 11.2. The smallest absolute Gasteiger partial charge is 0.270 e. The van der Waals surface area contributed by atoms with Gasteiger partial charge in [-0.25, -0.2) is 19.9 Å². The van der Waals surface area contributed by atoms with E-state index in [0.29, 0.717) is 22.3 Å². The van der Waals surface area contributed by atoms with Crippen molar-refractivity contribution in [3.8, 4) is 69.3 Å². The van der Waals surface area contributed by atoms with Gasteiger partial charge in [-0.15, -0.1) is 0 Å². The van der Waals surface area contributed by atoms with E-state index in [1.807, 2.05) is 60.7 Å². The van der Waals surface area contributed by atoms with Gasteiger partial charge in [0.2, 0.25) is 0 Å². The maximum Gasteiger partial charge on any atom is 0.270 e. The zero-order valence-electron chi connectivity index (χ0n) is 38.4. The van der Waals surface area contributed by atoms with Crippen LogP contribution in [0.15, 0.2) is 173 Å². The van der Waals surface area contributed by atoms with Crippen LogP contribution in [0, 0.1) is 45.3 Å². The number of nitrogens with zero attached hydrogens (tertiary/aromatic N) is 8. The maximum absolute atomic E-state index is 13.4. The molecule has 9 rings (SSSR count). The third-order valence-electron chi connectivity index (χ3n) is 11.2. The lowest BCUT2D eigenvalue weighted by molar-refractivity contribution is 0.930. The Hall–Kier alpha value is -9.02. The molecular formula is C54H34N12O4S4. The summed E-state index contributed by atoms with van der Waals surface area (Å²) in [6.45, 7) is 0. The van der Waals surface area contributed by atoms with Crippen LogP contribution < -0.4 is 22.2 Å². The zero-order valence-corrected chi connectivity index (χ0v) is 41.6. The van der Waals surface area contributed by atoms with E-state index >= 15 is 0 Å². The summed E-state index contributed by atoms with van der Waals surface area (Å²) >= 11 is 4.94. The van der Waals surface area contributed by atoms with Gasteiger partial charge < -0.3 is 19.9 Å². The largest absolute Gasteiger partial charge is 0.300 e. The highest BCUT2D eigenvalue weighted by Gasteiger charge is 2.21. The van der Waals surface area contributed by atoms with Gasteiger partial charge in [0.15, 0.2) is 20.6 Å². The Balaban J connectivity index is 1.15. The first-order chi connectivity index (χ1) is 36.1. The van der Waals surface area contributed by atoms with Crippen molar-refractivity contribution in [2.24, 2.45) is 0 Å². The van der Waals surface area contributed by atoms with Crippen molar-refractivity contribution >= 4 is 47.0 Å². The molecule has 9 aromatic rings. The summed E-state index contributed by atoms with van der Waals surface area (Å²) in [6.07, 6.45) is 0. The van der Waals surface area contributed by atoms with Crippen molar-refractivity contribution in [1.82, 2.24) is 39.9 Å². The fraction of sp³-hybridized carbons (Fsp3) is 0.0741. The summed E-state index contributed by atoms with van der Waals surface area (Å²) in [5, 5.41) is 40.9. The van der Waals surface area contributed by atoms with Gasteiger partial charge in [0, 0.05) is 45.3 Å². The normalized spacial score (nSPS) is 10.8. The van der Waals surface area contributed by atoms with Gasteiger partial charge in [0.05, 0.1) is 22.8 Å². The van der Waals surface area contributed by atoms with E-state index in [0.717, 1.165) is 22.3 Å². The maximum atomic E-state index is 13.4. The quantitative estimate of drug-likeness (QED) is 0.0518. The summed E-state index contributed by atoms with van der Waals surface area (Å²) in [4.78, 5) is 83.4. The third-order valence-corrected chi connectivity index (χ3v) is 14.9. The van der Waals surface area contributed by atoms with Crippen LogP contribution in [0.4, 0.5) is 0 Å². The molecule has 0 atom stereocenters. The van der Waals surface area contributed by atoms with Crippen LogP contribution in [-0.4, -0.2) is 39.9 Å². The second kappa shape index (κ2) is 23.0. The topological polar surface area (TPSA) is 278 Å². The van der Waals surface area contributed by atoms with E-state index in [2.05, 4.69) is 19.9 Å². The van der Waals surface area contributed by atoms with Crippen molar-refractivity contribution in [3.05, 3.63) is 219 Å². The van der Waals surface area contributed by atoms with Crippen LogP contribution in [0.5, 0.6) is 0 Å². The highest BCUT2D eigenvalue weighted by molar-refractivity contribution is 7.99. The molecule has 0 saturated carbocycles. The van der Waals surface area contributed by atoms with Crippen LogP contribution >= 0.6 is 47.0 Å². The fourth-order valence-electron chi connectivity index (χ4n) is 7.63. The minimum atomic E-state index is -0.599. The van der Waals surface area contributed by atoms with Gasteiger partial charge >= 0.3 is 0 Å². The van der Waals surface area contributed by atoms with Gasteiger partial charge in [-0.2, -0.15) is 21.0 Å². The number of benzene rings is 5. The summed E-state index contributed by atoms with van der Waals surface area (Å²) in [7, 11) is 0. The minimum Gasteiger partial charge on any atom is -0.300 e. The zero-order chi connectivity index (χ0) is 51.6. The Morgan fingerprint density at radius 2 is 0.541 bits per heavy atom. The Morgan fingerprint density at radius 3 is 0.730 bits per heavy atom. The molecule has 0 unspecified atom stereocenters. The van der Waals surface area contributed by atoms with Crippen LogP contribution in [0.25, 0.3) is 45.0 Å². The predicted molar refractivity (Wildman–Crippen MR) is 285 cm³/mol. The minimum absolute atomic E-state index is 0.128. The van der Waals surface area contributed by atoms with E-state index in [1.54, 1.807) is 97.1 Å². The van der Waals surface area contributed by atoms with E-state index in [-0.39, 0.29) is 88.7 Å². The van der Waals surface area contributed by atoms with Gasteiger partial charge in [0.1, 0.15) is 46.5 Å². The summed E-state index contributed by atoms with van der Waals surface area (Å²) in [5.74, 6) is 0.967. The first-order valence-electron chi connectivity index (χ1n) is 22.2. The number of nitrogens with one attached hydrogen (secondary N) is 4. The van der Waals surface area contributed by atoms with Gasteiger partial charge in [-0.05, 0) is 22.3 Å². The molecule has 5 aromatic carbocycles. The summed E-state index contributed by atoms with van der Waals surface area (Å²) in [6, 6.07) is 47.6. The molecular weight excluding hydrogens is 1010 g/mol. The molecule has 0 amide bonds. The predicted octanol–water partition coefficient (Wildman–Crippen LogP) is 9.34. The molecule has 358 valence electrons. The van der Waals surface area contributed by atoms with Gasteiger partial charge in [0.25, 0.3) is 22.2 Å². The lowest BCUT2D eigenvalue weighted by Gasteiger charge is -2.17.